The predicted octanol–water partition coefficient (Wildman–Crippen LogP) is 17.7. The van der Waals surface area contributed by atoms with Crippen LogP contribution in [0.1, 0.15) is 220 Å². The van der Waals surface area contributed by atoms with Crippen LogP contribution in [0.5, 0.6) is 0 Å². The van der Waals surface area contributed by atoms with Crippen LogP contribution in [0.15, 0.2) is 122 Å². The third-order valence-electron chi connectivity index (χ3n) is 10.7. The maximum Gasteiger partial charge on any atom is 0.306 e. The highest BCUT2D eigenvalue weighted by atomic mass is 16.6. The van der Waals surface area contributed by atoms with Crippen molar-refractivity contribution < 1.29 is 28.6 Å². The molecule has 0 aromatic rings. The van der Waals surface area contributed by atoms with Crippen molar-refractivity contribution in [3.8, 4) is 0 Å². The SMILES string of the molecule is CC/C=C/C/C=C/C/C=C/C/C=C/C/C=C/CCC(=O)OC(COC(=O)CC/C=C/C/C=C/CCCCCCCC)COC(=O)CCCCCCCCCCC/C=C/C/C=C/C/C=C/CC. The Bertz CT molecular complexity index is 1420. The molecular weight excluding hydrogens is 817 g/mol. The van der Waals surface area contributed by atoms with E-state index in [1.165, 1.54) is 77.0 Å². The summed E-state index contributed by atoms with van der Waals surface area (Å²) >= 11 is 0. The van der Waals surface area contributed by atoms with Gasteiger partial charge < -0.3 is 14.2 Å². The Hall–Kier alpha value is -4.19. The van der Waals surface area contributed by atoms with Gasteiger partial charge >= 0.3 is 17.9 Å². The number of hydrogen-bond donors (Lipinski definition) is 0. The summed E-state index contributed by atoms with van der Waals surface area (Å²) in [5, 5.41) is 0. The van der Waals surface area contributed by atoms with Gasteiger partial charge in [-0.2, -0.15) is 0 Å². The van der Waals surface area contributed by atoms with Crippen molar-refractivity contribution in [2.24, 2.45) is 0 Å². The molecule has 6 nitrogen and oxygen atoms in total. The molecule has 0 saturated heterocycles. The largest absolute Gasteiger partial charge is 0.462 e. The summed E-state index contributed by atoms with van der Waals surface area (Å²) in [6, 6.07) is 0. The van der Waals surface area contributed by atoms with Crippen LogP contribution in [-0.2, 0) is 28.6 Å². The van der Waals surface area contributed by atoms with Crippen LogP contribution in [0.4, 0.5) is 0 Å². The summed E-state index contributed by atoms with van der Waals surface area (Å²) in [4.78, 5) is 38.0. The normalized spacial score (nSPS) is 13.1. The van der Waals surface area contributed by atoms with E-state index in [0.717, 1.165) is 89.9 Å². The van der Waals surface area contributed by atoms with Gasteiger partial charge in [-0.1, -0.05) is 219 Å². The summed E-state index contributed by atoms with van der Waals surface area (Å²) in [7, 11) is 0. The van der Waals surface area contributed by atoms with Crippen LogP contribution in [0.25, 0.3) is 0 Å². The van der Waals surface area contributed by atoms with E-state index in [9.17, 15) is 14.4 Å². The molecule has 0 aliphatic carbocycles. The van der Waals surface area contributed by atoms with Crippen LogP contribution in [0, 0.1) is 0 Å². The molecule has 0 bridgehead atoms. The molecule has 0 aromatic heterocycles. The van der Waals surface area contributed by atoms with E-state index < -0.39 is 12.1 Å². The van der Waals surface area contributed by atoms with Gasteiger partial charge in [-0.3, -0.25) is 14.4 Å². The number of hydrogen-bond acceptors (Lipinski definition) is 6. The zero-order valence-electron chi connectivity index (χ0n) is 42.4. The Balaban J connectivity index is 4.54. The van der Waals surface area contributed by atoms with Crippen molar-refractivity contribution in [2.45, 2.75) is 226 Å². The number of unbranched alkanes of at least 4 members (excludes halogenated alkanes) is 15. The first kappa shape index (κ1) is 61.8. The second-order valence-corrected chi connectivity index (χ2v) is 17.0. The molecule has 1 atom stereocenters. The van der Waals surface area contributed by atoms with E-state index in [1.807, 2.05) is 18.2 Å². The highest BCUT2D eigenvalue weighted by Crippen LogP contribution is 2.13. The zero-order chi connectivity index (χ0) is 47.9. The van der Waals surface area contributed by atoms with Crippen molar-refractivity contribution in [3.05, 3.63) is 122 Å². The van der Waals surface area contributed by atoms with Gasteiger partial charge in [0.2, 0.25) is 0 Å². The lowest BCUT2D eigenvalue weighted by atomic mass is 10.1. The van der Waals surface area contributed by atoms with E-state index >= 15 is 0 Å². The van der Waals surface area contributed by atoms with Crippen LogP contribution in [-0.4, -0.2) is 37.2 Å². The van der Waals surface area contributed by atoms with Gasteiger partial charge in [0.05, 0.1) is 0 Å². The molecule has 0 amide bonds. The van der Waals surface area contributed by atoms with Crippen molar-refractivity contribution in [3.63, 3.8) is 0 Å². The van der Waals surface area contributed by atoms with Crippen LogP contribution in [0.2, 0.25) is 0 Å². The fourth-order valence-electron chi connectivity index (χ4n) is 6.79. The minimum Gasteiger partial charge on any atom is -0.462 e. The topological polar surface area (TPSA) is 78.9 Å². The lowest BCUT2D eigenvalue weighted by Gasteiger charge is -2.18. The van der Waals surface area contributed by atoms with E-state index in [0.29, 0.717) is 19.3 Å². The minimum atomic E-state index is -0.845. The number of esters is 3. The third-order valence-corrected chi connectivity index (χ3v) is 10.7. The Morgan fingerprint density at radius 2 is 0.621 bits per heavy atom. The maximum absolute atomic E-state index is 12.8. The summed E-state index contributed by atoms with van der Waals surface area (Å²) in [6.07, 6.45) is 73.5. The first-order chi connectivity index (χ1) is 32.5. The summed E-state index contributed by atoms with van der Waals surface area (Å²) < 4.78 is 16.7. The molecule has 0 N–H and O–H groups in total. The van der Waals surface area contributed by atoms with Gasteiger partial charge in [-0.25, -0.2) is 0 Å². The van der Waals surface area contributed by atoms with Crippen molar-refractivity contribution in [1.82, 2.24) is 0 Å². The van der Waals surface area contributed by atoms with Crippen molar-refractivity contribution >= 4 is 17.9 Å². The molecule has 0 fully saturated rings. The number of ether oxygens (including phenoxy) is 3. The fourth-order valence-corrected chi connectivity index (χ4v) is 6.79. The molecule has 6 heteroatoms. The second-order valence-electron chi connectivity index (χ2n) is 17.0. The summed E-state index contributed by atoms with van der Waals surface area (Å²) in [5.74, 6) is -1.10. The van der Waals surface area contributed by atoms with Gasteiger partial charge in [0.15, 0.2) is 6.10 Å². The van der Waals surface area contributed by atoms with Crippen LogP contribution >= 0.6 is 0 Å². The average molecular weight is 913 g/mol. The van der Waals surface area contributed by atoms with Gasteiger partial charge in [0, 0.05) is 19.3 Å². The van der Waals surface area contributed by atoms with E-state index in [-0.39, 0.29) is 38.0 Å². The quantitative estimate of drug-likeness (QED) is 0.0262. The molecule has 0 spiro atoms. The molecule has 0 aromatic carbocycles. The maximum atomic E-state index is 12.8. The lowest BCUT2D eigenvalue weighted by Crippen LogP contribution is -2.30. The van der Waals surface area contributed by atoms with E-state index in [4.69, 9.17) is 14.2 Å². The molecule has 1 unspecified atom stereocenters. The lowest BCUT2D eigenvalue weighted by molar-refractivity contribution is -0.166. The van der Waals surface area contributed by atoms with Gasteiger partial charge in [0.25, 0.3) is 0 Å². The van der Waals surface area contributed by atoms with Gasteiger partial charge in [-0.05, 0) is 103 Å². The molecular formula is C60H96O6. The number of carbonyl (C=O) groups is 3. The third kappa shape index (κ3) is 50.8. The monoisotopic (exact) mass is 913 g/mol. The van der Waals surface area contributed by atoms with Crippen LogP contribution in [0.3, 0.4) is 0 Å². The number of rotatable bonds is 46. The first-order valence-electron chi connectivity index (χ1n) is 26.5. The molecule has 0 rings (SSSR count). The summed E-state index contributed by atoms with van der Waals surface area (Å²) in [5.41, 5.74) is 0. The van der Waals surface area contributed by atoms with E-state index in [1.54, 1.807) is 0 Å². The Morgan fingerprint density at radius 3 is 1.02 bits per heavy atom. The van der Waals surface area contributed by atoms with Crippen molar-refractivity contribution in [1.29, 1.82) is 0 Å². The average Bonchev–Trinajstić information content (AvgIpc) is 3.31. The molecule has 66 heavy (non-hydrogen) atoms. The first-order valence-corrected chi connectivity index (χ1v) is 26.5. The highest BCUT2D eigenvalue weighted by molar-refractivity contribution is 5.71. The molecule has 0 heterocycles. The Morgan fingerprint density at radius 1 is 0.318 bits per heavy atom. The minimum absolute atomic E-state index is 0.131. The Labute approximate surface area is 405 Å². The van der Waals surface area contributed by atoms with Gasteiger partial charge in [0.1, 0.15) is 13.2 Å². The number of carbonyl (C=O) groups excluding carboxylic acids is 3. The molecule has 0 saturated carbocycles. The highest BCUT2D eigenvalue weighted by Gasteiger charge is 2.19. The second kappa shape index (κ2) is 53.4. The van der Waals surface area contributed by atoms with Crippen molar-refractivity contribution in [2.75, 3.05) is 13.2 Å². The smallest absolute Gasteiger partial charge is 0.306 e. The van der Waals surface area contributed by atoms with E-state index in [2.05, 4.69) is 124 Å². The molecule has 372 valence electrons. The van der Waals surface area contributed by atoms with Crippen LogP contribution < -0.4 is 0 Å². The molecule has 0 aliphatic rings. The summed E-state index contributed by atoms with van der Waals surface area (Å²) in [6.45, 7) is 6.27. The predicted molar refractivity (Wildman–Crippen MR) is 283 cm³/mol. The Kier molecular flexibility index (Phi) is 50.0. The molecule has 0 radical (unpaired) electrons. The molecule has 0 aliphatic heterocycles. The standard InChI is InChI=1S/C60H96O6/c1-4-7-10-13-16-19-22-25-27-29-30-31-33-35-38-41-44-47-50-53-59(62)65-56-57(55-64-58(61)52-49-46-43-40-37-34-24-21-18-15-12-9-6-3)66-60(63)54-51-48-45-42-39-36-32-28-26-23-20-17-14-11-8-5-2/h7-8,10-11,16-17,19-20,25-28,34,36-37,39,43,45-46,48,57H,4-6,9,12-15,18,21-24,29-33,35,38,40-42,44,47,49-56H2,1-3H3/b10-7+,11-8+,19-16+,20-17+,27-25+,28-26+,37-34+,39-36+,46-43+,48-45+. The number of allylic oxidation sites excluding steroid dienone is 20. The fraction of sp³-hybridized carbons (Fsp3) is 0.617. The van der Waals surface area contributed by atoms with Gasteiger partial charge in [-0.15, -0.1) is 0 Å². The zero-order valence-corrected chi connectivity index (χ0v) is 42.4.